The first-order chi connectivity index (χ1) is 9.70. The minimum Gasteiger partial charge on any atom is -0.351 e. The van der Waals surface area contributed by atoms with Crippen molar-refractivity contribution in [3.05, 3.63) is 17.8 Å². The van der Waals surface area contributed by atoms with Crippen LogP contribution in [0.2, 0.25) is 0 Å². The van der Waals surface area contributed by atoms with Crippen LogP contribution in [-0.4, -0.2) is 22.8 Å². The van der Waals surface area contributed by atoms with E-state index in [4.69, 9.17) is 0 Å². The van der Waals surface area contributed by atoms with E-state index in [0.29, 0.717) is 5.56 Å². The Morgan fingerprint density at radius 3 is 2.35 bits per heavy atom. The van der Waals surface area contributed by atoms with Crippen molar-refractivity contribution >= 4 is 5.82 Å². The lowest BCUT2D eigenvalue weighted by atomic mass is 9.52. The molecule has 4 heteroatoms. The van der Waals surface area contributed by atoms with Crippen molar-refractivity contribution < 1.29 is 0 Å². The highest BCUT2D eigenvalue weighted by Gasteiger charge is 2.53. The molecule has 0 N–H and O–H groups in total. The second-order valence-electron chi connectivity index (χ2n) is 7.08. The molecule has 4 aliphatic carbocycles. The second-order valence-corrected chi connectivity index (χ2v) is 7.08. The minimum atomic E-state index is 0.233. The Hall–Kier alpha value is -1.63. The van der Waals surface area contributed by atoms with Gasteiger partial charge in [0.2, 0.25) is 0 Å². The normalized spacial score (nSPS) is 37.7. The topological polar surface area (TPSA) is 52.8 Å². The average molecular weight is 268 g/mol. The average Bonchev–Trinajstić information content (AvgIpc) is 2.45. The highest BCUT2D eigenvalue weighted by molar-refractivity contribution is 5.54. The fourth-order valence-corrected chi connectivity index (χ4v) is 5.36. The third-order valence-electron chi connectivity index (χ3n) is 5.86. The molecule has 104 valence electrons. The Kier molecular flexibility index (Phi) is 2.54. The molecule has 4 nitrogen and oxygen atoms in total. The van der Waals surface area contributed by atoms with Gasteiger partial charge in [-0.05, 0) is 62.3 Å². The summed E-state index contributed by atoms with van der Waals surface area (Å²) in [6.45, 7) is 0. The standard InChI is InChI=1S/C16H20N4/c1-20(15-14(10-17)2-3-18-19-15)16-7-11-4-12(8-16)6-13(5-11)9-16/h2-3,11-13H,4-9H2,1H3. The Labute approximate surface area is 119 Å². The van der Waals surface area contributed by atoms with E-state index in [-0.39, 0.29) is 5.54 Å². The van der Waals surface area contributed by atoms with Gasteiger partial charge in [0.1, 0.15) is 6.07 Å². The number of nitrogens with zero attached hydrogens (tertiary/aromatic N) is 4. The monoisotopic (exact) mass is 268 g/mol. The molecule has 0 saturated heterocycles. The zero-order valence-electron chi connectivity index (χ0n) is 11.9. The van der Waals surface area contributed by atoms with E-state index >= 15 is 0 Å². The van der Waals surface area contributed by atoms with E-state index in [1.165, 1.54) is 38.5 Å². The summed E-state index contributed by atoms with van der Waals surface area (Å²) in [5.41, 5.74) is 0.884. The molecule has 1 heterocycles. The maximum absolute atomic E-state index is 9.30. The van der Waals surface area contributed by atoms with Gasteiger partial charge in [0, 0.05) is 12.6 Å². The van der Waals surface area contributed by atoms with Crippen molar-refractivity contribution in [2.24, 2.45) is 17.8 Å². The summed E-state index contributed by atoms with van der Waals surface area (Å²) in [5.74, 6) is 3.46. The quantitative estimate of drug-likeness (QED) is 0.827. The second kappa shape index (κ2) is 4.18. The van der Waals surface area contributed by atoms with Crippen molar-refractivity contribution in [3.8, 4) is 6.07 Å². The third-order valence-corrected chi connectivity index (χ3v) is 5.86. The van der Waals surface area contributed by atoms with Crippen LogP contribution in [0.15, 0.2) is 12.3 Å². The number of aromatic nitrogens is 2. The zero-order valence-corrected chi connectivity index (χ0v) is 11.9. The van der Waals surface area contributed by atoms with E-state index in [2.05, 4.69) is 28.2 Å². The van der Waals surface area contributed by atoms with Crippen molar-refractivity contribution in [1.29, 1.82) is 5.26 Å². The first kappa shape index (κ1) is 12.1. The van der Waals surface area contributed by atoms with E-state index in [0.717, 1.165) is 23.6 Å². The van der Waals surface area contributed by atoms with Crippen LogP contribution in [0.5, 0.6) is 0 Å². The van der Waals surface area contributed by atoms with E-state index < -0.39 is 0 Å². The van der Waals surface area contributed by atoms with Crippen LogP contribution >= 0.6 is 0 Å². The number of nitriles is 1. The molecule has 4 saturated carbocycles. The highest BCUT2D eigenvalue weighted by Crippen LogP contribution is 2.58. The molecule has 0 atom stereocenters. The SMILES string of the molecule is CN(c1nnccc1C#N)C12CC3CC(CC(C3)C1)C2. The lowest BCUT2D eigenvalue weighted by Crippen LogP contribution is -2.59. The van der Waals surface area contributed by atoms with Gasteiger partial charge < -0.3 is 4.90 Å². The van der Waals surface area contributed by atoms with E-state index in [9.17, 15) is 5.26 Å². The van der Waals surface area contributed by atoms with Gasteiger partial charge in [-0.1, -0.05) is 0 Å². The maximum atomic E-state index is 9.30. The number of hydrogen-bond donors (Lipinski definition) is 0. The lowest BCUT2D eigenvalue weighted by Gasteiger charge is -2.60. The number of hydrogen-bond acceptors (Lipinski definition) is 4. The molecular weight excluding hydrogens is 248 g/mol. The van der Waals surface area contributed by atoms with Crippen LogP contribution in [0.25, 0.3) is 0 Å². The Morgan fingerprint density at radius 1 is 1.20 bits per heavy atom. The first-order valence-corrected chi connectivity index (χ1v) is 7.66. The summed E-state index contributed by atoms with van der Waals surface area (Å²) in [6, 6.07) is 4.04. The largest absolute Gasteiger partial charge is 0.351 e. The molecule has 5 rings (SSSR count). The van der Waals surface area contributed by atoms with Crippen molar-refractivity contribution in [1.82, 2.24) is 10.2 Å². The number of anilines is 1. The fraction of sp³-hybridized carbons (Fsp3) is 0.688. The minimum absolute atomic E-state index is 0.233. The van der Waals surface area contributed by atoms with Gasteiger partial charge >= 0.3 is 0 Å². The van der Waals surface area contributed by atoms with Crippen LogP contribution in [0, 0.1) is 29.1 Å². The molecule has 4 aliphatic rings. The molecule has 0 spiro atoms. The number of rotatable bonds is 2. The molecule has 4 bridgehead atoms. The molecule has 0 amide bonds. The van der Waals surface area contributed by atoms with E-state index in [1.54, 1.807) is 12.3 Å². The van der Waals surface area contributed by atoms with Crippen LogP contribution in [0.4, 0.5) is 5.82 Å². The Bertz CT molecular complexity index is 539. The van der Waals surface area contributed by atoms with Crippen molar-refractivity contribution in [3.63, 3.8) is 0 Å². The molecule has 0 unspecified atom stereocenters. The lowest BCUT2D eigenvalue weighted by molar-refractivity contribution is -0.00237. The summed E-state index contributed by atoms with van der Waals surface area (Å²) >= 11 is 0. The molecule has 20 heavy (non-hydrogen) atoms. The molecule has 0 aromatic carbocycles. The Morgan fingerprint density at radius 2 is 1.80 bits per heavy atom. The van der Waals surface area contributed by atoms with Gasteiger partial charge in [0.05, 0.1) is 11.8 Å². The van der Waals surface area contributed by atoms with Crippen LogP contribution < -0.4 is 4.90 Å². The van der Waals surface area contributed by atoms with Crippen LogP contribution in [0.1, 0.15) is 44.1 Å². The maximum Gasteiger partial charge on any atom is 0.169 e. The van der Waals surface area contributed by atoms with Crippen molar-refractivity contribution in [2.75, 3.05) is 11.9 Å². The summed E-state index contributed by atoms with van der Waals surface area (Å²) in [7, 11) is 2.12. The van der Waals surface area contributed by atoms with Gasteiger partial charge in [-0.2, -0.15) is 10.4 Å². The third kappa shape index (κ3) is 1.65. The molecule has 0 aliphatic heterocycles. The fourth-order valence-electron chi connectivity index (χ4n) is 5.36. The van der Waals surface area contributed by atoms with Gasteiger partial charge in [-0.3, -0.25) is 0 Å². The summed E-state index contributed by atoms with van der Waals surface area (Å²) < 4.78 is 0. The summed E-state index contributed by atoms with van der Waals surface area (Å²) in [6.07, 6.45) is 9.72. The Balaban J connectivity index is 1.72. The molecule has 1 aromatic rings. The summed E-state index contributed by atoms with van der Waals surface area (Å²) in [5, 5.41) is 17.6. The van der Waals surface area contributed by atoms with Crippen LogP contribution in [-0.2, 0) is 0 Å². The van der Waals surface area contributed by atoms with Crippen LogP contribution in [0.3, 0.4) is 0 Å². The van der Waals surface area contributed by atoms with Gasteiger partial charge in [-0.15, -0.1) is 5.10 Å². The highest BCUT2D eigenvalue weighted by atomic mass is 15.3. The predicted molar refractivity (Wildman–Crippen MR) is 76.1 cm³/mol. The molecule has 0 radical (unpaired) electrons. The molecule has 4 fully saturated rings. The van der Waals surface area contributed by atoms with Crippen molar-refractivity contribution in [2.45, 2.75) is 44.1 Å². The zero-order chi connectivity index (χ0) is 13.7. The van der Waals surface area contributed by atoms with Gasteiger partial charge in [0.15, 0.2) is 5.82 Å². The molecular formula is C16H20N4. The first-order valence-electron chi connectivity index (χ1n) is 7.66. The van der Waals surface area contributed by atoms with Gasteiger partial charge in [-0.25, -0.2) is 0 Å². The molecule has 1 aromatic heterocycles. The summed E-state index contributed by atoms with van der Waals surface area (Å²) in [4.78, 5) is 2.29. The predicted octanol–water partition coefficient (Wildman–Crippen LogP) is 2.75. The smallest absolute Gasteiger partial charge is 0.169 e. The van der Waals surface area contributed by atoms with Gasteiger partial charge in [0.25, 0.3) is 0 Å². The van der Waals surface area contributed by atoms with E-state index in [1.807, 2.05) is 0 Å².